The Balaban J connectivity index is 1.65. The van der Waals surface area contributed by atoms with Gasteiger partial charge in [-0.15, -0.1) is 0 Å². The monoisotopic (exact) mass is 314 g/mol. The van der Waals surface area contributed by atoms with Gasteiger partial charge < -0.3 is 0 Å². The van der Waals surface area contributed by atoms with Crippen LogP contribution in [0.3, 0.4) is 0 Å². The topological polar surface area (TPSA) is 0 Å². The summed E-state index contributed by atoms with van der Waals surface area (Å²) in [6.07, 6.45) is 21.4. The SMILES string of the molecule is C[CH]=[Ti]([CH]1C=CC2=C1CCCC2)[CH]1C=CC2=C1CCCC2. The van der Waals surface area contributed by atoms with Crippen LogP contribution in [0.1, 0.15) is 58.3 Å². The molecule has 4 rings (SSSR count). The molecule has 0 aromatic heterocycles. The van der Waals surface area contributed by atoms with Crippen molar-refractivity contribution in [3.8, 4) is 0 Å². The number of hydrogen-bond donors (Lipinski definition) is 0. The Morgan fingerprint density at radius 2 is 1.29 bits per heavy atom. The predicted octanol–water partition coefficient (Wildman–Crippen LogP) is 5.88. The summed E-state index contributed by atoms with van der Waals surface area (Å²) in [6.45, 7) is 2.36. The van der Waals surface area contributed by atoms with Gasteiger partial charge in [-0.3, -0.25) is 0 Å². The molecule has 0 N–H and O–H groups in total. The van der Waals surface area contributed by atoms with Gasteiger partial charge in [0.1, 0.15) is 0 Å². The second-order valence-electron chi connectivity index (χ2n) is 6.98. The number of hydrogen-bond acceptors (Lipinski definition) is 0. The Bertz CT molecular complexity index is 547. The van der Waals surface area contributed by atoms with E-state index in [1.807, 2.05) is 11.1 Å². The number of allylic oxidation sites excluding steroid dienone is 8. The predicted molar refractivity (Wildman–Crippen MR) is 88.5 cm³/mol. The average molecular weight is 314 g/mol. The molecule has 0 aromatic carbocycles. The fraction of sp³-hybridized carbons (Fsp3) is 0.550. The van der Waals surface area contributed by atoms with Crippen molar-refractivity contribution in [2.45, 2.75) is 66.7 Å². The van der Waals surface area contributed by atoms with Gasteiger partial charge in [0.15, 0.2) is 0 Å². The molecule has 0 nitrogen and oxygen atoms in total. The van der Waals surface area contributed by atoms with Gasteiger partial charge in [-0.2, -0.15) is 0 Å². The van der Waals surface area contributed by atoms with Crippen LogP contribution >= 0.6 is 0 Å². The van der Waals surface area contributed by atoms with Gasteiger partial charge in [0.2, 0.25) is 0 Å². The second-order valence-corrected chi connectivity index (χ2v) is 11.4. The Kier molecular flexibility index (Phi) is 4.03. The van der Waals surface area contributed by atoms with E-state index in [4.69, 9.17) is 0 Å². The van der Waals surface area contributed by atoms with E-state index >= 15 is 0 Å². The zero-order valence-electron chi connectivity index (χ0n) is 13.2. The van der Waals surface area contributed by atoms with Gasteiger partial charge in [-0.1, -0.05) is 0 Å². The zero-order chi connectivity index (χ0) is 14.2. The zero-order valence-corrected chi connectivity index (χ0v) is 14.8. The molecule has 110 valence electrons. The van der Waals surface area contributed by atoms with E-state index in [0.717, 1.165) is 8.45 Å². The van der Waals surface area contributed by atoms with Crippen LogP contribution in [-0.4, -0.2) is 4.31 Å². The minimum atomic E-state index is -1.24. The van der Waals surface area contributed by atoms with Gasteiger partial charge >= 0.3 is 135 Å². The summed E-state index contributed by atoms with van der Waals surface area (Å²) >= 11 is -1.24. The van der Waals surface area contributed by atoms with E-state index in [1.165, 1.54) is 51.4 Å². The molecule has 0 aromatic rings. The van der Waals surface area contributed by atoms with Gasteiger partial charge in [-0.05, 0) is 0 Å². The molecule has 0 amide bonds. The second kappa shape index (κ2) is 5.97. The minimum absolute atomic E-state index is 0.855. The standard InChI is InChI=1S/2C9H11.C2H4.Ti/c2*1-2-5-9-7-3-6-8(9)4-1;1-2;/h2*3,6-7H,1-2,4-5H2;1H,2H3;. The summed E-state index contributed by atoms with van der Waals surface area (Å²) in [6, 6.07) is 0. The van der Waals surface area contributed by atoms with Crippen LogP contribution in [0.4, 0.5) is 0 Å². The summed E-state index contributed by atoms with van der Waals surface area (Å²) in [7, 11) is 0. The molecule has 0 fully saturated rings. The molecule has 0 bridgehead atoms. The Hall–Kier alpha value is -0.456. The first-order chi connectivity index (χ1) is 10.4. The van der Waals surface area contributed by atoms with Crippen molar-refractivity contribution in [2.24, 2.45) is 0 Å². The molecular weight excluding hydrogens is 288 g/mol. The molecule has 21 heavy (non-hydrogen) atoms. The molecule has 0 saturated carbocycles. The molecule has 4 aliphatic rings. The van der Waals surface area contributed by atoms with Gasteiger partial charge in [0.05, 0.1) is 0 Å². The van der Waals surface area contributed by atoms with Crippen LogP contribution < -0.4 is 0 Å². The summed E-state index contributed by atoms with van der Waals surface area (Å²) in [4.78, 5) is 0. The van der Waals surface area contributed by atoms with E-state index in [9.17, 15) is 0 Å². The van der Waals surface area contributed by atoms with Crippen LogP contribution in [0.5, 0.6) is 0 Å². The molecule has 0 heterocycles. The fourth-order valence-corrected chi connectivity index (χ4v) is 9.84. The van der Waals surface area contributed by atoms with Crippen LogP contribution in [0.25, 0.3) is 0 Å². The van der Waals surface area contributed by atoms with E-state index in [-0.39, 0.29) is 0 Å². The van der Waals surface area contributed by atoms with Crippen molar-refractivity contribution in [2.75, 3.05) is 0 Å². The maximum atomic E-state index is 2.67. The average Bonchev–Trinajstić information content (AvgIpc) is 3.14. The third-order valence-electron chi connectivity index (χ3n) is 5.89. The van der Waals surface area contributed by atoms with Crippen molar-refractivity contribution >= 4 is 4.31 Å². The summed E-state index contributed by atoms with van der Waals surface area (Å²) < 4.78 is 4.38. The van der Waals surface area contributed by atoms with Gasteiger partial charge in [-0.25, -0.2) is 0 Å². The van der Waals surface area contributed by atoms with Crippen LogP contribution in [0.2, 0.25) is 8.45 Å². The number of rotatable bonds is 2. The molecule has 0 spiro atoms. The van der Waals surface area contributed by atoms with E-state index in [1.54, 1.807) is 11.1 Å². The Morgan fingerprint density at radius 1 is 0.810 bits per heavy atom. The molecular formula is C20H26Ti. The van der Waals surface area contributed by atoms with Crippen LogP contribution in [0, 0.1) is 0 Å². The Morgan fingerprint density at radius 3 is 1.76 bits per heavy atom. The molecule has 2 atom stereocenters. The van der Waals surface area contributed by atoms with Crippen LogP contribution in [-0.2, 0) is 17.4 Å². The summed E-state index contributed by atoms with van der Waals surface area (Å²) in [5, 5.41) is 0. The molecule has 4 aliphatic carbocycles. The quantitative estimate of drug-likeness (QED) is 0.558. The fourth-order valence-electron chi connectivity index (χ4n) is 4.83. The van der Waals surface area contributed by atoms with Crippen molar-refractivity contribution in [1.29, 1.82) is 0 Å². The van der Waals surface area contributed by atoms with Gasteiger partial charge in [0.25, 0.3) is 0 Å². The molecule has 2 unspecified atom stereocenters. The summed E-state index contributed by atoms with van der Waals surface area (Å²) in [5.41, 5.74) is 7.15. The normalized spacial score (nSPS) is 30.7. The van der Waals surface area contributed by atoms with Crippen molar-refractivity contribution in [3.63, 3.8) is 0 Å². The molecule has 0 saturated heterocycles. The first-order valence-corrected chi connectivity index (χ1v) is 11.6. The summed E-state index contributed by atoms with van der Waals surface area (Å²) in [5.74, 6) is 0. The first kappa shape index (κ1) is 14.2. The first-order valence-electron chi connectivity index (χ1n) is 8.85. The Labute approximate surface area is 135 Å². The van der Waals surface area contributed by atoms with Crippen molar-refractivity contribution in [3.05, 3.63) is 46.6 Å². The van der Waals surface area contributed by atoms with Crippen LogP contribution in [0.15, 0.2) is 46.6 Å². The van der Waals surface area contributed by atoms with Crippen molar-refractivity contribution < 1.29 is 17.4 Å². The van der Waals surface area contributed by atoms with E-state index in [2.05, 4.69) is 35.5 Å². The van der Waals surface area contributed by atoms with E-state index < -0.39 is 17.4 Å². The molecule has 0 aliphatic heterocycles. The van der Waals surface area contributed by atoms with Crippen molar-refractivity contribution in [1.82, 2.24) is 0 Å². The third-order valence-corrected chi connectivity index (χ3v) is 10.9. The molecule has 0 radical (unpaired) electrons. The third kappa shape index (κ3) is 2.45. The maximum absolute atomic E-state index is 2.67. The van der Waals surface area contributed by atoms with E-state index in [0.29, 0.717) is 0 Å². The van der Waals surface area contributed by atoms with Gasteiger partial charge in [0, 0.05) is 0 Å². The molecule has 1 heteroatoms.